The smallest absolute Gasteiger partial charge is 0.324 e. The van der Waals surface area contributed by atoms with Gasteiger partial charge in [0, 0.05) is 24.2 Å². The number of carbonyl (C=O) groups is 2. The van der Waals surface area contributed by atoms with Crippen LogP contribution in [0.4, 0.5) is 16.2 Å². The quantitative estimate of drug-likeness (QED) is 0.905. The standard InChI is InChI=1S/C20H21N3O3/c1-3-21-19(25)23-16-11-7-5-9-14(16)13-26-20(23)15-10-6-8-12-17(15)22(4-2)18(20)24/h5-12H,3-4,13H2,1-2H3,(H,21,25)/t20-/m0/s1. The van der Waals surface area contributed by atoms with Crippen LogP contribution in [0.2, 0.25) is 0 Å². The number of carbonyl (C=O) groups excluding carboxylic acids is 2. The molecule has 0 bridgehead atoms. The Morgan fingerprint density at radius 3 is 2.54 bits per heavy atom. The van der Waals surface area contributed by atoms with Gasteiger partial charge in [-0.2, -0.15) is 0 Å². The summed E-state index contributed by atoms with van der Waals surface area (Å²) >= 11 is 0. The Labute approximate surface area is 152 Å². The molecule has 1 spiro atoms. The van der Waals surface area contributed by atoms with E-state index in [1.807, 2.05) is 62.4 Å². The van der Waals surface area contributed by atoms with Gasteiger partial charge >= 0.3 is 6.03 Å². The fourth-order valence-electron chi connectivity index (χ4n) is 3.82. The minimum Gasteiger partial charge on any atom is -0.338 e. The molecule has 0 aliphatic carbocycles. The van der Waals surface area contributed by atoms with Crippen molar-refractivity contribution in [3.63, 3.8) is 0 Å². The van der Waals surface area contributed by atoms with E-state index in [1.165, 1.54) is 4.90 Å². The second-order valence-electron chi connectivity index (χ2n) is 6.30. The van der Waals surface area contributed by atoms with Crippen molar-refractivity contribution in [3.05, 3.63) is 59.7 Å². The van der Waals surface area contributed by atoms with Crippen LogP contribution in [0.3, 0.4) is 0 Å². The Morgan fingerprint density at radius 1 is 1.12 bits per heavy atom. The van der Waals surface area contributed by atoms with Crippen molar-refractivity contribution in [1.82, 2.24) is 5.32 Å². The lowest BCUT2D eigenvalue weighted by Gasteiger charge is -2.43. The zero-order valence-electron chi connectivity index (χ0n) is 14.9. The Bertz CT molecular complexity index is 882. The van der Waals surface area contributed by atoms with Crippen molar-refractivity contribution >= 4 is 23.3 Å². The van der Waals surface area contributed by atoms with Gasteiger partial charge in [-0.1, -0.05) is 36.4 Å². The average Bonchev–Trinajstić information content (AvgIpc) is 2.90. The van der Waals surface area contributed by atoms with Gasteiger partial charge in [-0.15, -0.1) is 0 Å². The van der Waals surface area contributed by atoms with Gasteiger partial charge in [-0.05, 0) is 26.0 Å². The molecule has 0 radical (unpaired) electrons. The van der Waals surface area contributed by atoms with Crippen molar-refractivity contribution in [2.24, 2.45) is 0 Å². The number of rotatable bonds is 2. The van der Waals surface area contributed by atoms with E-state index < -0.39 is 5.72 Å². The Kier molecular flexibility index (Phi) is 3.92. The number of hydrogen-bond donors (Lipinski definition) is 1. The second-order valence-corrected chi connectivity index (χ2v) is 6.30. The predicted octanol–water partition coefficient (Wildman–Crippen LogP) is 2.97. The van der Waals surface area contributed by atoms with Gasteiger partial charge in [0.15, 0.2) is 0 Å². The van der Waals surface area contributed by atoms with E-state index in [1.54, 1.807) is 4.90 Å². The monoisotopic (exact) mass is 351 g/mol. The fraction of sp³-hybridized carbons (Fsp3) is 0.300. The SMILES string of the molecule is CCNC(=O)N1c2ccccc2CO[C@@]12C(=O)N(CC)c1ccccc12. The summed E-state index contributed by atoms with van der Waals surface area (Å²) in [5.74, 6) is -0.234. The van der Waals surface area contributed by atoms with E-state index in [0.29, 0.717) is 24.3 Å². The fourth-order valence-corrected chi connectivity index (χ4v) is 3.82. The molecule has 6 heteroatoms. The van der Waals surface area contributed by atoms with Crippen LogP contribution in [0.1, 0.15) is 25.0 Å². The molecule has 6 nitrogen and oxygen atoms in total. The summed E-state index contributed by atoms with van der Waals surface area (Å²) in [5.41, 5.74) is 1.59. The van der Waals surface area contributed by atoms with Crippen LogP contribution in [0.5, 0.6) is 0 Å². The van der Waals surface area contributed by atoms with E-state index in [-0.39, 0.29) is 18.5 Å². The van der Waals surface area contributed by atoms with Crippen molar-refractivity contribution in [3.8, 4) is 0 Å². The van der Waals surface area contributed by atoms with Crippen LogP contribution in [0, 0.1) is 0 Å². The molecule has 2 aliphatic heterocycles. The molecule has 0 aromatic heterocycles. The van der Waals surface area contributed by atoms with Crippen LogP contribution in [-0.2, 0) is 21.9 Å². The third-order valence-corrected chi connectivity index (χ3v) is 4.93. The van der Waals surface area contributed by atoms with Crippen molar-refractivity contribution in [2.75, 3.05) is 22.9 Å². The number of anilines is 2. The normalized spacial score (nSPS) is 20.9. The highest BCUT2D eigenvalue weighted by Gasteiger charge is 2.60. The van der Waals surface area contributed by atoms with Gasteiger partial charge < -0.3 is 15.0 Å². The molecule has 0 unspecified atom stereocenters. The van der Waals surface area contributed by atoms with E-state index in [9.17, 15) is 9.59 Å². The minimum atomic E-state index is -1.47. The Balaban J connectivity index is 1.97. The highest BCUT2D eigenvalue weighted by Crippen LogP contribution is 2.50. The molecule has 0 saturated carbocycles. The average molecular weight is 351 g/mol. The first kappa shape index (κ1) is 16.6. The summed E-state index contributed by atoms with van der Waals surface area (Å²) in [4.78, 5) is 29.7. The zero-order chi connectivity index (χ0) is 18.3. The third-order valence-electron chi connectivity index (χ3n) is 4.93. The molecule has 2 heterocycles. The number of likely N-dealkylation sites (N-methyl/N-ethyl adjacent to an activating group) is 1. The Morgan fingerprint density at radius 2 is 1.81 bits per heavy atom. The number of urea groups is 1. The second kappa shape index (κ2) is 6.14. The maximum absolute atomic E-state index is 13.5. The molecule has 2 aromatic carbocycles. The maximum Gasteiger partial charge on any atom is 0.324 e. The molecular formula is C20H21N3O3. The largest absolute Gasteiger partial charge is 0.338 e. The lowest BCUT2D eigenvalue weighted by atomic mass is 9.98. The first-order chi connectivity index (χ1) is 12.6. The number of amides is 3. The summed E-state index contributed by atoms with van der Waals surface area (Å²) in [5, 5.41) is 2.83. The van der Waals surface area contributed by atoms with E-state index >= 15 is 0 Å². The number of benzene rings is 2. The number of nitrogens with one attached hydrogen (secondary N) is 1. The van der Waals surface area contributed by atoms with Gasteiger partial charge in [0.05, 0.1) is 18.0 Å². The first-order valence-electron chi connectivity index (χ1n) is 8.86. The molecule has 3 amide bonds. The summed E-state index contributed by atoms with van der Waals surface area (Å²) < 4.78 is 6.18. The van der Waals surface area contributed by atoms with Gasteiger partial charge in [0.2, 0.25) is 0 Å². The highest BCUT2D eigenvalue weighted by atomic mass is 16.5. The molecule has 0 saturated heterocycles. The molecule has 2 aliphatic rings. The molecule has 2 aromatic rings. The molecule has 26 heavy (non-hydrogen) atoms. The van der Waals surface area contributed by atoms with Crippen LogP contribution < -0.4 is 15.1 Å². The minimum absolute atomic E-state index is 0.234. The first-order valence-corrected chi connectivity index (χ1v) is 8.86. The van der Waals surface area contributed by atoms with Crippen molar-refractivity contribution in [1.29, 1.82) is 0 Å². The summed E-state index contributed by atoms with van der Waals surface area (Å²) in [7, 11) is 0. The predicted molar refractivity (Wildman–Crippen MR) is 98.9 cm³/mol. The molecule has 134 valence electrons. The number of para-hydroxylation sites is 2. The molecule has 1 atom stereocenters. The lowest BCUT2D eigenvalue weighted by molar-refractivity contribution is -0.146. The van der Waals surface area contributed by atoms with Crippen molar-refractivity contribution < 1.29 is 14.3 Å². The van der Waals surface area contributed by atoms with E-state index in [4.69, 9.17) is 4.74 Å². The summed E-state index contributed by atoms with van der Waals surface area (Å²) in [6.07, 6.45) is 0. The number of nitrogens with zero attached hydrogens (tertiary/aromatic N) is 2. The lowest BCUT2D eigenvalue weighted by Crippen LogP contribution is -2.61. The number of ether oxygens (including phenoxy) is 1. The number of fused-ring (bicyclic) bond motifs is 3. The van der Waals surface area contributed by atoms with Crippen LogP contribution in [-0.4, -0.2) is 25.0 Å². The molecular weight excluding hydrogens is 330 g/mol. The third kappa shape index (κ3) is 2.08. The van der Waals surface area contributed by atoms with Crippen molar-refractivity contribution in [2.45, 2.75) is 26.2 Å². The van der Waals surface area contributed by atoms with Crippen LogP contribution in [0.25, 0.3) is 0 Å². The Hall–Kier alpha value is -2.86. The van der Waals surface area contributed by atoms with Gasteiger partial charge in [-0.25, -0.2) is 4.79 Å². The van der Waals surface area contributed by atoms with Gasteiger partial charge in [0.1, 0.15) is 0 Å². The molecule has 4 rings (SSSR count). The highest BCUT2D eigenvalue weighted by molar-refractivity contribution is 6.13. The van der Waals surface area contributed by atoms with E-state index in [0.717, 1.165) is 11.3 Å². The summed E-state index contributed by atoms with van der Waals surface area (Å²) in [6.45, 7) is 5.00. The van der Waals surface area contributed by atoms with Crippen LogP contribution >= 0.6 is 0 Å². The zero-order valence-corrected chi connectivity index (χ0v) is 14.9. The summed E-state index contributed by atoms with van der Waals surface area (Å²) in [6, 6.07) is 14.7. The van der Waals surface area contributed by atoms with Gasteiger partial charge in [0.25, 0.3) is 11.6 Å². The van der Waals surface area contributed by atoms with E-state index in [2.05, 4.69) is 5.32 Å². The van der Waals surface area contributed by atoms with Crippen LogP contribution in [0.15, 0.2) is 48.5 Å². The molecule has 1 N–H and O–H groups in total. The maximum atomic E-state index is 13.5. The topological polar surface area (TPSA) is 61.9 Å². The molecule has 0 fully saturated rings. The van der Waals surface area contributed by atoms with Gasteiger partial charge in [-0.3, -0.25) is 9.69 Å². The number of hydrogen-bond acceptors (Lipinski definition) is 3.